The van der Waals surface area contributed by atoms with E-state index in [4.69, 9.17) is 81.2 Å². The van der Waals surface area contributed by atoms with E-state index in [1.165, 1.54) is 6.07 Å². The van der Waals surface area contributed by atoms with Gasteiger partial charge in [0.2, 0.25) is 11.8 Å². The maximum atomic E-state index is 13.2. The number of hydrogen-bond donors (Lipinski definition) is 0. The molecule has 1 aromatic carbocycles. The Labute approximate surface area is 192 Å². The molecule has 1 aliphatic heterocycles. The van der Waals surface area contributed by atoms with Crippen molar-refractivity contribution < 1.29 is 14.5 Å². The van der Waals surface area contributed by atoms with Crippen molar-refractivity contribution in [3.05, 3.63) is 43.4 Å². The summed E-state index contributed by atoms with van der Waals surface area (Å²) in [5, 5.41) is 10.5. The zero-order valence-corrected chi connectivity index (χ0v) is 18.4. The minimum Gasteiger partial charge on any atom is -0.274 e. The average Bonchev–Trinajstić information content (AvgIpc) is 3.00. The number of carbonyl (C=O) groups excluding carboxylic acids is 2. The topological polar surface area (TPSA) is 80.5 Å². The lowest BCUT2D eigenvalue weighted by atomic mass is 9.84. The molecule has 1 saturated heterocycles. The first-order valence-corrected chi connectivity index (χ1v) is 10.1. The van der Waals surface area contributed by atoms with Gasteiger partial charge in [0, 0.05) is 12.1 Å². The highest BCUT2D eigenvalue weighted by Gasteiger charge is 2.87. The highest BCUT2D eigenvalue weighted by atomic mass is 35.5. The van der Waals surface area contributed by atoms with Crippen LogP contribution >= 0.6 is 81.2 Å². The van der Waals surface area contributed by atoms with Crippen LogP contribution in [-0.4, -0.2) is 30.8 Å². The monoisotopic (exact) mass is 522 g/mol. The summed E-state index contributed by atoms with van der Waals surface area (Å²) in [6.07, 6.45) is 0. The molecule has 2 bridgehead atoms. The van der Waals surface area contributed by atoms with Gasteiger partial charge in [0.25, 0.3) is 5.69 Å². The smallest absolute Gasteiger partial charge is 0.271 e. The van der Waals surface area contributed by atoms with Crippen LogP contribution < -0.4 is 4.90 Å². The Morgan fingerprint density at radius 3 is 1.82 bits per heavy atom. The molecule has 1 saturated carbocycles. The van der Waals surface area contributed by atoms with E-state index in [2.05, 4.69) is 0 Å². The highest BCUT2D eigenvalue weighted by molar-refractivity contribution is 6.67. The van der Waals surface area contributed by atoms with Crippen LogP contribution in [0.1, 0.15) is 0 Å². The Morgan fingerprint density at radius 1 is 0.929 bits per heavy atom. The van der Waals surface area contributed by atoms with Crippen molar-refractivity contribution in [3.8, 4) is 0 Å². The zero-order valence-electron chi connectivity index (χ0n) is 13.1. The van der Waals surface area contributed by atoms with Gasteiger partial charge in [-0.25, -0.2) is 4.90 Å². The number of nitro groups is 1. The number of carbonyl (C=O) groups is 2. The minimum absolute atomic E-state index is 0.0694. The first-order chi connectivity index (χ1) is 12.8. The zero-order chi connectivity index (χ0) is 21.0. The number of rotatable bonds is 2. The third-order valence-electron chi connectivity index (χ3n) is 5.29. The van der Waals surface area contributed by atoms with Gasteiger partial charge < -0.3 is 0 Å². The first-order valence-electron chi connectivity index (χ1n) is 7.47. The summed E-state index contributed by atoms with van der Waals surface area (Å²) in [6.45, 7) is 0. The van der Waals surface area contributed by atoms with E-state index < -0.39 is 42.7 Å². The van der Waals surface area contributed by atoms with Gasteiger partial charge in [-0.15, -0.1) is 23.2 Å². The molecule has 0 spiro atoms. The number of amides is 2. The molecule has 0 aromatic heterocycles. The standard InChI is InChI=1S/C15H5Cl7N2O4/c16-5-2-1-4(24(27)28)3-6(5)23-11(25)7-8(12(23)26)14(20)10(18)9(17)13(7,19)15(14,21)22/h1-3,7-8H/t7-,8+,13-,14-/m1/s1. The van der Waals surface area contributed by atoms with Crippen molar-refractivity contribution in [3.63, 3.8) is 0 Å². The van der Waals surface area contributed by atoms with Gasteiger partial charge in [0.15, 0.2) is 4.33 Å². The summed E-state index contributed by atoms with van der Waals surface area (Å²) in [5.41, 5.74) is -0.568. The third-order valence-corrected chi connectivity index (χ3v) is 9.87. The van der Waals surface area contributed by atoms with Crippen molar-refractivity contribution in [1.29, 1.82) is 0 Å². The normalized spacial score (nSPS) is 35.8. The first kappa shape index (κ1) is 20.8. The van der Waals surface area contributed by atoms with Gasteiger partial charge in [-0.3, -0.25) is 19.7 Å². The van der Waals surface area contributed by atoms with E-state index in [9.17, 15) is 19.7 Å². The number of fused-ring (bicyclic) bond motifs is 5. The maximum Gasteiger partial charge on any atom is 0.271 e. The number of benzene rings is 1. The Balaban J connectivity index is 1.91. The van der Waals surface area contributed by atoms with Crippen molar-refractivity contribution in [2.45, 2.75) is 14.1 Å². The molecule has 0 unspecified atom stereocenters. The molecule has 6 nitrogen and oxygen atoms in total. The number of nitrogens with zero attached hydrogens (tertiary/aromatic N) is 2. The molecule has 1 heterocycles. The van der Waals surface area contributed by atoms with Crippen LogP contribution in [0.4, 0.5) is 11.4 Å². The number of nitro benzene ring substituents is 1. The lowest BCUT2D eigenvalue weighted by Crippen LogP contribution is -2.50. The van der Waals surface area contributed by atoms with E-state index in [-0.39, 0.29) is 26.5 Å². The molecule has 2 amide bonds. The highest BCUT2D eigenvalue weighted by Crippen LogP contribution is 2.77. The van der Waals surface area contributed by atoms with Crippen molar-refractivity contribution in [2.24, 2.45) is 11.8 Å². The molecule has 148 valence electrons. The summed E-state index contributed by atoms with van der Waals surface area (Å²) in [5.74, 6) is -4.38. The summed E-state index contributed by atoms with van der Waals surface area (Å²) >= 11 is 44.5. The molecule has 2 fully saturated rings. The van der Waals surface area contributed by atoms with E-state index in [0.717, 1.165) is 12.1 Å². The average molecular weight is 525 g/mol. The molecule has 3 aliphatic rings. The summed E-state index contributed by atoms with van der Waals surface area (Å²) in [7, 11) is 0. The lowest BCUT2D eigenvalue weighted by Gasteiger charge is -2.34. The SMILES string of the molecule is O=C1[C@@H]2[C@H](C(=O)N1c1cc([N+](=O)[O-])ccc1Cl)[C@@]1(Cl)C(Cl)=C(Cl)[C@@]2(Cl)C1(Cl)Cl. The number of allylic oxidation sites excluding steroid dienone is 2. The summed E-state index contributed by atoms with van der Waals surface area (Å²) < 4.78 is -2.06. The molecule has 4 atom stereocenters. The van der Waals surface area contributed by atoms with Crippen molar-refractivity contribution in [2.75, 3.05) is 4.90 Å². The van der Waals surface area contributed by atoms with Crippen molar-refractivity contribution in [1.82, 2.24) is 0 Å². The fraction of sp³-hybridized carbons (Fsp3) is 0.333. The second-order valence-corrected chi connectivity index (χ2v) is 10.2. The van der Waals surface area contributed by atoms with Gasteiger partial charge in [-0.05, 0) is 6.07 Å². The lowest BCUT2D eigenvalue weighted by molar-refractivity contribution is -0.384. The van der Waals surface area contributed by atoms with Crippen LogP contribution in [0, 0.1) is 22.0 Å². The molecule has 1 aromatic rings. The van der Waals surface area contributed by atoms with E-state index in [1.54, 1.807) is 0 Å². The Bertz CT molecular complexity index is 982. The number of imide groups is 1. The van der Waals surface area contributed by atoms with Crippen LogP contribution in [0.5, 0.6) is 0 Å². The van der Waals surface area contributed by atoms with Gasteiger partial charge in [0.05, 0.1) is 37.5 Å². The van der Waals surface area contributed by atoms with Crippen LogP contribution in [-0.2, 0) is 9.59 Å². The molecular formula is C15H5Cl7N2O4. The summed E-state index contributed by atoms with van der Waals surface area (Å²) in [6, 6.07) is 3.32. The van der Waals surface area contributed by atoms with Gasteiger partial charge in [-0.1, -0.05) is 58.0 Å². The molecule has 4 rings (SSSR count). The van der Waals surface area contributed by atoms with Gasteiger partial charge >= 0.3 is 0 Å². The molecular weight excluding hydrogens is 520 g/mol. The van der Waals surface area contributed by atoms with E-state index in [1.807, 2.05) is 0 Å². The second kappa shape index (κ2) is 6.03. The Hall–Kier alpha value is -0.470. The second-order valence-electron chi connectivity index (χ2n) is 6.49. The predicted molar refractivity (Wildman–Crippen MR) is 108 cm³/mol. The molecule has 0 N–H and O–H groups in total. The number of hydrogen-bond acceptors (Lipinski definition) is 4. The number of anilines is 1. The molecule has 0 radical (unpaired) electrons. The summed E-state index contributed by atoms with van der Waals surface area (Å²) in [4.78, 5) is 33.5. The number of alkyl halides is 4. The molecule has 28 heavy (non-hydrogen) atoms. The predicted octanol–water partition coefficient (Wildman–Crippen LogP) is 5.20. The fourth-order valence-corrected chi connectivity index (χ4v) is 7.15. The van der Waals surface area contributed by atoms with Crippen LogP contribution in [0.15, 0.2) is 28.3 Å². The van der Waals surface area contributed by atoms with Crippen LogP contribution in [0.2, 0.25) is 5.02 Å². The molecule has 2 aliphatic carbocycles. The van der Waals surface area contributed by atoms with E-state index in [0.29, 0.717) is 4.90 Å². The number of non-ortho nitro benzene ring substituents is 1. The Kier molecular flexibility index (Phi) is 4.48. The maximum absolute atomic E-state index is 13.2. The van der Waals surface area contributed by atoms with Gasteiger partial charge in [0.1, 0.15) is 9.75 Å². The minimum atomic E-state index is -2.06. The molecule has 13 heteroatoms. The largest absolute Gasteiger partial charge is 0.274 e. The third kappa shape index (κ3) is 2.05. The number of halogens is 7. The Morgan fingerprint density at radius 2 is 1.39 bits per heavy atom. The fourth-order valence-electron chi connectivity index (χ4n) is 4.02. The van der Waals surface area contributed by atoms with Crippen LogP contribution in [0.3, 0.4) is 0 Å². The quantitative estimate of drug-likeness (QED) is 0.230. The van der Waals surface area contributed by atoms with Crippen LogP contribution in [0.25, 0.3) is 0 Å². The van der Waals surface area contributed by atoms with Gasteiger partial charge in [-0.2, -0.15) is 0 Å². The van der Waals surface area contributed by atoms with Crippen molar-refractivity contribution >= 4 is 104 Å². The van der Waals surface area contributed by atoms with E-state index >= 15 is 0 Å².